The molecule has 0 aliphatic carbocycles. The van der Waals surface area contributed by atoms with Crippen LogP contribution in [0.5, 0.6) is 0 Å². The van der Waals surface area contributed by atoms with E-state index < -0.39 is 0 Å². The van der Waals surface area contributed by atoms with Crippen LogP contribution in [0.3, 0.4) is 0 Å². The molecule has 1 aromatic heterocycles. The Kier molecular flexibility index (Phi) is 4.82. The maximum absolute atomic E-state index is 3.59. The third kappa shape index (κ3) is 3.29. The van der Waals surface area contributed by atoms with Gasteiger partial charge in [-0.05, 0) is 60.2 Å². The fourth-order valence-corrected chi connectivity index (χ4v) is 3.90. The molecule has 1 unspecified atom stereocenters. The largest absolute Gasteiger partial charge is 0.308 e. The summed E-state index contributed by atoms with van der Waals surface area (Å²) in [7, 11) is 0. The summed E-state index contributed by atoms with van der Waals surface area (Å²) >= 11 is 5.40. The van der Waals surface area contributed by atoms with Crippen molar-refractivity contribution in [3.05, 3.63) is 20.8 Å². The molecule has 0 saturated carbocycles. The van der Waals surface area contributed by atoms with Gasteiger partial charge in [-0.2, -0.15) is 0 Å². The molecule has 1 fully saturated rings. The molecule has 0 aromatic carbocycles. The lowest BCUT2D eigenvalue weighted by Crippen LogP contribution is -2.31. The summed E-state index contributed by atoms with van der Waals surface area (Å²) in [6.45, 7) is 7.09. The standard InChI is InChI=1S/C12H19BrN2S/c1-10(12-11(13)4-9-16-12)14-5-8-15-6-2-3-7-15/h4,9-10,14H,2-3,5-8H2,1H3. The predicted molar refractivity (Wildman–Crippen MR) is 74.1 cm³/mol. The third-order valence-corrected chi connectivity index (χ3v) is 5.17. The molecule has 2 heterocycles. The van der Waals surface area contributed by atoms with E-state index in [1.807, 2.05) is 11.3 Å². The molecule has 0 amide bonds. The molecular weight excluding hydrogens is 284 g/mol. The first-order valence-corrected chi connectivity index (χ1v) is 7.63. The molecule has 0 bridgehead atoms. The summed E-state index contributed by atoms with van der Waals surface area (Å²) in [6.07, 6.45) is 2.76. The highest BCUT2D eigenvalue weighted by atomic mass is 79.9. The number of hydrogen-bond acceptors (Lipinski definition) is 3. The molecule has 1 aromatic rings. The maximum Gasteiger partial charge on any atom is 0.0397 e. The van der Waals surface area contributed by atoms with Crippen LogP contribution in [0.1, 0.15) is 30.7 Å². The van der Waals surface area contributed by atoms with Crippen molar-refractivity contribution >= 4 is 27.3 Å². The summed E-state index contributed by atoms with van der Waals surface area (Å²) in [6, 6.07) is 2.58. The Balaban J connectivity index is 1.71. The molecule has 16 heavy (non-hydrogen) atoms. The Morgan fingerprint density at radius 1 is 1.50 bits per heavy atom. The molecule has 0 radical (unpaired) electrons. The lowest BCUT2D eigenvalue weighted by Gasteiger charge is -2.18. The van der Waals surface area contributed by atoms with Gasteiger partial charge in [0.1, 0.15) is 0 Å². The quantitative estimate of drug-likeness (QED) is 0.898. The second kappa shape index (κ2) is 6.15. The summed E-state index contributed by atoms with van der Waals surface area (Å²) < 4.78 is 1.23. The molecular formula is C12H19BrN2S. The highest BCUT2D eigenvalue weighted by molar-refractivity contribution is 9.10. The Morgan fingerprint density at radius 2 is 2.25 bits per heavy atom. The summed E-state index contributed by atoms with van der Waals surface area (Å²) in [5.74, 6) is 0. The van der Waals surface area contributed by atoms with Gasteiger partial charge in [0, 0.05) is 28.5 Å². The van der Waals surface area contributed by atoms with Gasteiger partial charge in [-0.3, -0.25) is 0 Å². The minimum Gasteiger partial charge on any atom is -0.308 e. The van der Waals surface area contributed by atoms with Crippen LogP contribution in [-0.4, -0.2) is 31.1 Å². The molecule has 4 heteroatoms. The minimum atomic E-state index is 0.456. The van der Waals surface area contributed by atoms with Crippen LogP contribution < -0.4 is 5.32 Å². The van der Waals surface area contributed by atoms with Crippen molar-refractivity contribution in [2.24, 2.45) is 0 Å². The number of halogens is 1. The number of nitrogens with one attached hydrogen (secondary N) is 1. The Hall–Kier alpha value is 0.100. The molecule has 1 saturated heterocycles. The van der Waals surface area contributed by atoms with E-state index in [4.69, 9.17) is 0 Å². The molecule has 1 aliphatic rings. The van der Waals surface area contributed by atoms with E-state index in [1.165, 1.54) is 41.8 Å². The first kappa shape index (κ1) is 12.6. The van der Waals surface area contributed by atoms with E-state index in [1.54, 1.807) is 0 Å². The van der Waals surface area contributed by atoms with E-state index >= 15 is 0 Å². The fraction of sp³-hybridized carbons (Fsp3) is 0.667. The van der Waals surface area contributed by atoms with E-state index in [2.05, 4.69) is 44.5 Å². The van der Waals surface area contributed by atoms with Crippen molar-refractivity contribution in [2.45, 2.75) is 25.8 Å². The lowest BCUT2D eigenvalue weighted by atomic mass is 10.3. The Bertz CT molecular complexity index is 321. The summed E-state index contributed by atoms with van der Waals surface area (Å²) in [4.78, 5) is 3.95. The zero-order chi connectivity index (χ0) is 11.4. The molecule has 1 N–H and O–H groups in total. The van der Waals surface area contributed by atoms with Gasteiger partial charge in [0.25, 0.3) is 0 Å². The van der Waals surface area contributed by atoms with Gasteiger partial charge in [0.2, 0.25) is 0 Å². The molecule has 1 aliphatic heterocycles. The highest BCUT2D eigenvalue weighted by Gasteiger charge is 2.13. The Morgan fingerprint density at radius 3 is 2.88 bits per heavy atom. The lowest BCUT2D eigenvalue weighted by molar-refractivity contribution is 0.330. The zero-order valence-electron chi connectivity index (χ0n) is 9.71. The molecule has 0 spiro atoms. The van der Waals surface area contributed by atoms with Crippen LogP contribution in [0.15, 0.2) is 15.9 Å². The fourth-order valence-electron chi connectivity index (χ4n) is 2.15. The van der Waals surface area contributed by atoms with Crippen LogP contribution in [0, 0.1) is 0 Å². The Labute approximate surface area is 110 Å². The first-order chi connectivity index (χ1) is 7.77. The highest BCUT2D eigenvalue weighted by Crippen LogP contribution is 2.28. The summed E-state index contributed by atoms with van der Waals surface area (Å²) in [5.41, 5.74) is 0. The van der Waals surface area contributed by atoms with Crippen molar-refractivity contribution in [3.8, 4) is 0 Å². The van der Waals surface area contributed by atoms with E-state index in [9.17, 15) is 0 Å². The molecule has 2 rings (SSSR count). The summed E-state index contributed by atoms with van der Waals surface area (Å²) in [5, 5.41) is 5.73. The second-order valence-corrected chi connectivity index (χ2v) is 6.16. The number of likely N-dealkylation sites (tertiary alicyclic amines) is 1. The average Bonchev–Trinajstić information content (AvgIpc) is 2.88. The average molecular weight is 303 g/mol. The van der Waals surface area contributed by atoms with E-state index in [-0.39, 0.29) is 0 Å². The minimum absolute atomic E-state index is 0.456. The number of nitrogens with zero attached hydrogens (tertiary/aromatic N) is 1. The molecule has 90 valence electrons. The monoisotopic (exact) mass is 302 g/mol. The zero-order valence-corrected chi connectivity index (χ0v) is 12.1. The number of thiophene rings is 1. The molecule has 1 atom stereocenters. The second-order valence-electron chi connectivity index (χ2n) is 4.36. The van der Waals surface area contributed by atoms with Crippen molar-refractivity contribution in [3.63, 3.8) is 0 Å². The van der Waals surface area contributed by atoms with Crippen molar-refractivity contribution < 1.29 is 0 Å². The molecule has 2 nitrogen and oxygen atoms in total. The van der Waals surface area contributed by atoms with Gasteiger partial charge in [-0.15, -0.1) is 11.3 Å². The predicted octanol–water partition coefficient (Wildman–Crippen LogP) is 3.26. The maximum atomic E-state index is 3.59. The van der Waals surface area contributed by atoms with Crippen molar-refractivity contribution in [2.75, 3.05) is 26.2 Å². The van der Waals surface area contributed by atoms with Crippen molar-refractivity contribution in [1.29, 1.82) is 0 Å². The van der Waals surface area contributed by atoms with E-state index in [0.717, 1.165) is 6.54 Å². The normalized spacial score (nSPS) is 19.1. The van der Waals surface area contributed by atoms with Crippen LogP contribution in [-0.2, 0) is 0 Å². The van der Waals surface area contributed by atoms with Gasteiger partial charge < -0.3 is 10.2 Å². The van der Waals surface area contributed by atoms with Gasteiger partial charge in [0.15, 0.2) is 0 Å². The van der Waals surface area contributed by atoms with Crippen LogP contribution >= 0.6 is 27.3 Å². The number of hydrogen-bond donors (Lipinski definition) is 1. The first-order valence-electron chi connectivity index (χ1n) is 5.96. The van der Waals surface area contributed by atoms with E-state index in [0.29, 0.717) is 6.04 Å². The van der Waals surface area contributed by atoms with Crippen molar-refractivity contribution in [1.82, 2.24) is 10.2 Å². The smallest absolute Gasteiger partial charge is 0.0397 e. The number of rotatable bonds is 5. The topological polar surface area (TPSA) is 15.3 Å². The van der Waals surface area contributed by atoms with Crippen LogP contribution in [0.25, 0.3) is 0 Å². The van der Waals surface area contributed by atoms with Gasteiger partial charge in [0.05, 0.1) is 0 Å². The van der Waals surface area contributed by atoms with Crippen LogP contribution in [0.4, 0.5) is 0 Å². The van der Waals surface area contributed by atoms with Crippen LogP contribution in [0.2, 0.25) is 0 Å². The van der Waals surface area contributed by atoms with Gasteiger partial charge >= 0.3 is 0 Å². The van der Waals surface area contributed by atoms with Gasteiger partial charge in [-0.1, -0.05) is 0 Å². The van der Waals surface area contributed by atoms with Gasteiger partial charge in [-0.25, -0.2) is 0 Å². The third-order valence-electron chi connectivity index (χ3n) is 3.12. The SMILES string of the molecule is CC(NCCN1CCCC1)c1sccc1Br.